The van der Waals surface area contributed by atoms with Gasteiger partial charge in [-0.15, -0.1) is 0 Å². The van der Waals surface area contributed by atoms with Crippen LogP contribution in [-0.4, -0.2) is 41.7 Å². The van der Waals surface area contributed by atoms with Crippen molar-refractivity contribution in [1.29, 1.82) is 0 Å². The number of aromatic nitrogens is 1. The van der Waals surface area contributed by atoms with Gasteiger partial charge in [-0.2, -0.15) is 0 Å². The summed E-state index contributed by atoms with van der Waals surface area (Å²) in [5.74, 6) is 1.36. The van der Waals surface area contributed by atoms with Crippen molar-refractivity contribution in [3.05, 3.63) is 41.7 Å². The lowest BCUT2D eigenvalue weighted by atomic mass is 9.70. The van der Waals surface area contributed by atoms with Crippen molar-refractivity contribution in [2.75, 3.05) is 19.7 Å². The minimum absolute atomic E-state index is 0.0501. The summed E-state index contributed by atoms with van der Waals surface area (Å²) in [6.45, 7) is 7.68. The molecule has 1 aromatic heterocycles. The van der Waals surface area contributed by atoms with Crippen LogP contribution in [-0.2, 0) is 11.3 Å². The predicted molar refractivity (Wildman–Crippen MR) is 113 cm³/mol. The van der Waals surface area contributed by atoms with Gasteiger partial charge in [0.15, 0.2) is 0 Å². The molecular weight excluding hydrogens is 368 g/mol. The van der Waals surface area contributed by atoms with E-state index in [4.69, 9.17) is 5.11 Å². The lowest BCUT2D eigenvalue weighted by molar-refractivity contribution is -0.122. The van der Waals surface area contributed by atoms with E-state index in [2.05, 4.69) is 47.8 Å². The first kappa shape index (κ1) is 22.9. The minimum atomic E-state index is -0.260. The highest BCUT2D eigenvalue weighted by atomic mass is 16.3. The van der Waals surface area contributed by atoms with Crippen molar-refractivity contribution in [2.45, 2.75) is 40.2 Å². The number of aliphatic hydroxyl groups excluding tert-OH is 1. The molecule has 1 aromatic rings. The quantitative estimate of drug-likeness (QED) is 0.476. The van der Waals surface area contributed by atoms with E-state index in [1.807, 2.05) is 12.1 Å². The van der Waals surface area contributed by atoms with Gasteiger partial charge in [-0.1, -0.05) is 31.6 Å². The zero-order chi connectivity index (χ0) is 21.2. The third-order valence-electron chi connectivity index (χ3n) is 5.62. The highest BCUT2D eigenvalue weighted by Gasteiger charge is 2.32. The first-order valence-corrected chi connectivity index (χ1v) is 10.4. The number of rotatable bonds is 9. The van der Waals surface area contributed by atoms with Crippen LogP contribution in [0, 0.1) is 23.7 Å². The van der Waals surface area contributed by atoms with E-state index in [0.717, 1.165) is 12.0 Å². The number of aliphatic hydroxyl groups is 1. The molecule has 1 aliphatic rings. The Hall–Kier alpha value is -2.41. The summed E-state index contributed by atoms with van der Waals surface area (Å²) >= 11 is 0. The topological polar surface area (TPSA) is 103 Å². The van der Waals surface area contributed by atoms with Gasteiger partial charge >= 0.3 is 6.03 Å². The van der Waals surface area contributed by atoms with Crippen LogP contribution in [0.4, 0.5) is 4.79 Å². The Morgan fingerprint density at radius 1 is 1.28 bits per heavy atom. The Bertz CT molecular complexity index is 691. The van der Waals surface area contributed by atoms with E-state index < -0.39 is 0 Å². The van der Waals surface area contributed by atoms with Crippen LogP contribution in [0.3, 0.4) is 0 Å². The Balaban J connectivity index is 1.91. The maximum atomic E-state index is 12.5. The second-order valence-electron chi connectivity index (χ2n) is 8.12. The second-order valence-corrected chi connectivity index (χ2v) is 8.12. The number of hydrogen-bond donors (Lipinski definition) is 4. The molecular formula is C22H34N4O3. The fourth-order valence-electron chi connectivity index (χ4n) is 3.95. The zero-order valence-corrected chi connectivity index (χ0v) is 17.6. The molecule has 29 heavy (non-hydrogen) atoms. The number of allylic oxidation sites excluding steroid dienone is 1. The van der Waals surface area contributed by atoms with E-state index in [0.29, 0.717) is 31.3 Å². The molecule has 0 spiro atoms. The Labute approximate surface area is 173 Å². The van der Waals surface area contributed by atoms with E-state index in [1.54, 1.807) is 12.4 Å². The first-order chi connectivity index (χ1) is 13.9. The molecule has 0 saturated heterocycles. The van der Waals surface area contributed by atoms with Crippen LogP contribution in [0.15, 0.2) is 36.2 Å². The van der Waals surface area contributed by atoms with Gasteiger partial charge in [-0.3, -0.25) is 9.78 Å². The highest BCUT2D eigenvalue weighted by molar-refractivity contribution is 5.76. The molecule has 7 heteroatoms. The average molecular weight is 403 g/mol. The molecule has 0 bridgehead atoms. The molecule has 1 aliphatic carbocycles. The standard InChI is InChI=1S/C22H34N4O3/c1-15(2)20-10-18(11-21(28)25-13-17-5-4-6-23-12-17)16(3)9-19(20)14-26-22(29)24-7-8-27/h4-6,9,12,15,18-20,27H,7-8,10-11,13-14H2,1-3H3,(H,25,28)(H2,24,26,29). The second kappa shape index (κ2) is 11.6. The summed E-state index contributed by atoms with van der Waals surface area (Å²) in [7, 11) is 0. The Morgan fingerprint density at radius 3 is 2.72 bits per heavy atom. The Kier molecular flexibility index (Phi) is 9.12. The van der Waals surface area contributed by atoms with Crippen LogP contribution < -0.4 is 16.0 Å². The summed E-state index contributed by atoms with van der Waals surface area (Å²) in [5.41, 5.74) is 2.20. The van der Waals surface area contributed by atoms with Gasteiger partial charge in [0.25, 0.3) is 0 Å². The van der Waals surface area contributed by atoms with Crippen molar-refractivity contribution in [3.63, 3.8) is 0 Å². The predicted octanol–water partition coefficient (Wildman–Crippen LogP) is 2.23. The summed E-state index contributed by atoms with van der Waals surface area (Å²) in [6.07, 6.45) is 7.11. The average Bonchev–Trinajstić information content (AvgIpc) is 2.71. The minimum Gasteiger partial charge on any atom is -0.395 e. The van der Waals surface area contributed by atoms with E-state index in [9.17, 15) is 9.59 Å². The van der Waals surface area contributed by atoms with Gasteiger partial charge in [0, 0.05) is 38.4 Å². The van der Waals surface area contributed by atoms with Gasteiger partial charge in [0.05, 0.1) is 6.61 Å². The van der Waals surface area contributed by atoms with Crippen LogP contribution >= 0.6 is 0 Å². The zero-order valence-electron chi connectivity index (χ0n) is 17.6. The van der Waals surface area contributed by atoms with Crippen LogP contribution in [0.2, 0.25) is 0 Å². The summed E-state index contributed by atoms with van der Waals surface area (Å²) in [6, 6.07) is 3.55. The van der Waals surface area contributed by atoms with Crippen molar-refractivity contribution in [1.82, 2.24) is 20.9 Å². The molecule has 0 fully saturated rings. The normalized spacial score (nSPS) is 21.4. The van der Waals surface area contributed by atoms with E-state index >= 15 is 0 Å². The molecule has 0 radical (unpaired) electrons. The molecule has 0 saturated carbocycles. The van der Waals surface area contributed by atoms with Crippen LogP contribution in [0.25, 0.3) is 0 Å². The fourth-order valence-corrected chi connectivity index (χ4v) is 3.95. The summed E-state index contributed by atoms with van der Waals surface area (Å²) < 4.78 is 0. The maximum absolute atomic E-state index is 12.5. The SMILES string of the molecule is CC1=CC(CNC(=O)NCCO)C(C(C)C)CC1CC(=O)NCc1cccnc1. The molecule has 7 nitrogen and oxygen atoms in total. The van der Waals surface area contributed by atoms with Crippen LogP contribution in [0.1, 0.15) is 39.2 Å². The molecule has 3 unspecified atom stereocenters. The molecule has 3 atom stereocenters. The molecule has 2 rings (SSSR count). The number of nitrogens with one attached hydrogen (secondary N) is 3. The van der Waals surface area contributed by atoms with Gasteiger partial charge in [0.1, 0.15) is 0 Å². The third-order valence-corrected chi connectivity index (χ3v) is 5.62. The number of amides is 3. The number of nitrogens with zero attached hydrogens (tertiary/aromatic N) is 1. The smallest absolute Gasteiger partial charge is 0.314 e. The van der Waals surface area contributed by atoms with Crippen LogP contribution in [0.5, 0.6) is 0 Å². The van der Waals surface area contributed by atoms with E-state index in [1.165, 1.54) is 5.57 Å². The maximum Gasteiger partial charge on any atom is 0.314 e. The Morgan fingerprint density at radius 2 is 2.07 bits per heavy atom. The van der Waals surface area contributed by atoms with E-state index in [-0.39, 0.29) is 36.9 Å². The summed E-state index contributed by atoms with van der Waals surface area (Å²) in [4.78, 5) is 28.3. The van der Waals surface area contributed by atoms with Gasteiger partial charge in [-0.05, 0) is 48.6 Å². The number of urea groups is 1. The molecule has 1 heterocycles. The summed E-state index contributed by atoms with van der Waals surface area (Å²) in [5, 5.41) is 17.3. The number of carbonyl (C=O) groups excluding carboxylic acids is 2. The van der Waals surface area contributed by atoms with Crippen molar-refractivity contribution in [2.24, 2.45) is 23.7 Å². The van der Waals surface area contributed by atoms with Gasteiger partial charge in [-0.25, -0.2) is 4.79 Å². The number of pyridine rings is 1. The van der Waals surface area contributed by atoms with Crippen molar-refractivity contribution in [3.8, 4) is 0 Å². The number of hydrogen-bond acceptors (Lipinski definition) is 4. The first-order valence-electron chi connectivity index (χ1n) is 10.4. The highest BCUT2D eigenvalue weighted by Crippen LogP contribution is 2.38. The van der Waals surface area contributed by atoms with Gasteiger partial charge in [0.2, 0.25) is 5.91 Å². The van der Waals surface area contributed by atoms with Crippen molar-refractivity contribution < 1.29 is 14.7 Å². The fraction of sp³-hybridized carbons (Fsp3) is 0.591. The molecule has 4 N–H and O–H groups in total. The largest absolute Gasteiger partial charge is 0.395 e. The van der Waals surface area contributed by atoms with Gasteiger partial charge < -0.3 is 21.1 Å². The molecule has 160 valence electrons. The molecule has 0 aromatic carbocycles. The lowest BCUT2D eigenvalue weighted by Crippen LogP contribution is -2.42. The molecule has 3 amide bonds. The third kappa shape index (κ3) is 7.49. The monoisotopic (exact) mass is 402 g/mol. The number of carbonyl (C=O) groups is 2. The lowest BCUT2D eigenvalue weighted by Gasteiger charge is -2.37. The molecule has 0 aliphatic heterocycles. The van der Waals surface area contributed by atoms with Crippen molar-refractivity contribution >= 4 is 11.9 Å².